The summed E-state index contributed by atoms with van der Waals surface area (Å²) in [7, 11) is 0. The van der Waals surface area contributed by atoms with Crippen LogP contribution in [0, 0.1) is 5.41 Å². The Morgan fingerprint density at radius 1 is 1.14 bits per heavy atom. The van der Waals surface area contributed by atoms with Gasteiger partial charge in [0.05, 0.1) is 0 Å². The van der Waals surface area contributed by atoms with Crippen molar-refractivity contribution >= 4 is 17.5 Å². The van der Waals surface area contributed by atoms with Gasteiger partial charge in [-0.05, 0) is 37.5 Å². The summed E-state index contributed by atoms with van der Waals surface area (Å²) in [6, 6.07) is 7.31. The minimum absolute atomic E-state index is 0.134. The quantitative estimate of drug-likeness (QED) is 0.845. The van der Waals surface area contributed by atoms with Crippen LogP contribution in [0.2, 0.25) is 0 Å². The number of carbonyl (C=O) groups excluding carboxylic acids is 2. The molecule has 4 heteroatoms. The Morgan fingerprint density at radius 2 is 1.73 bits per heavy atom. The summed E-state index contributed by atoms with van der Waals surface area (Å²) in [5.41, 5.74) is 1.52. The van der Waals surface area contributed by atoms with E-state index in [0.29, 0.717) is 0 Å². The van der Waals surface area contributed by atoms with E-state index in [4.69, 9.17) is 0 Å². The van der Waals surface area contributed by atoms with Crippen LogP contribution < -0.4 is 10.6 Å². The van der Waals surface area contributed by atoms with E-state index >= 15 is 0 Å². The fraction of sp³-hybridized carbons (Fsp3) is 0.556. The van der Waals surface area contributed by atoms with E-state index in [1.165, 1.54) is 18.4 Å². The Morgan fingerprint density at radius 3 is 2.23 bits per heavy atom. The summed E-state index contributed by atoms with van der Waals surface area (Å²) in [4.78, 5) is 24.0. The topological polar surface area (TPSA) is 58.2 Å². The molecule has 0 heterocycles. The van der Waals surface area contributed by atoms with Crippen molar-refractivity contribution in [2.75, 3.05) is 5.32 Å². The molecule has 0 fully saturated rings. The molecule has 0 bridgehead atoms. The highest BCUT2D eigenvalue weighted by molar-refractivity contribution is 5.97. The summed E-state index contributed by atoms with van der Waals surface area (Å²) in [6.07, 6.45) is 3.40. The lowest BCUT2D eigenvalue weighted by atomic mass is 9.95. The summed E-state index contributed by atoms with van der Waals surface area (Å²) in [5.74, 6) is -0.344. The number of amides is 2. The van der Waals surface area contributed by atoms with Gasteiger partial charge >= 0.3 is 0 Å². The highest BCUT2D eigenvalue weighted by Gasteiger charge is 2.25. The van der Waals surface area contributed by atoms with Crippen molar-refractivity contribution in [3.63, 3.8) is 0 Å². The standard InChI is InChI=1S/C18H28N2O2/c1-6-7-8-14-9-11-15(12-10-14)20-16(21)13(2)19-17(22)18(3,4)5/h9-13H,6-8H2,1-5H3,(H,19,22)(H,20,21). The number of aryl methyl sites for hydroxylation is 1. The third kappa shape index (κ3) is 5.88. The molecule has 0 spiro atoms. The molecular weight excluding hydrogens is 276 g/mol. The highest BCUT2D eigenvalue weighted by Crippen LogP contribution is 2.14. The zero-order chi connectivity index (χ0) is 16.8. The molecule has 0 radical (unpaired) electrons. The van der Waals surface area contributed by atoms with Crippen molar-refractivity contribution in [1.29, 1.82) is 0 Å². The predicted octanol–water partition coefficient (Wildman–Crippen LogP) is 3.52. The number of benzene rings is 1. The van der Waals surface area contributed by atoms with Gasteiger partial charge in [-0.25, -0.2) is 0 Å². The van der Waals surface area contributed by atoms with E-state index in [0.717, 1.165) is 12.1 Å². The number of hydrogen-bond donors (Lipinski definition) is 2. The minimum atomic E-state index is -0.563. The summed E-state index contributed by atoms with van der Waals surface area (Å²) >= 11 is 0. The molecule has 2 amide bonds. The van der Waals surface area contributed by atoms with Crippen molar-refractivity contribution in [3.05, 3.63) is 29.8 Å². The van der Waals surface area contributed by atoms with Crippen molar-refractivity contribution in [3.8, 4) is 0 Å². The zero-order valence-electron chi connectivity index (χ0n) is 14.3. The average molecular weight is 304 g/mol. The maximum atomic E-state index is 12.1. The first-order valence-corrected chi connectivity index (χ1v) is 7.94. The lowest BCUT2D eigenvalue weighted by molar-refractivity contribution is -0.131. The molecule has 1 unspecified atom stereocenters. The Labute approximate surface area is 133 Å². The monoisotopic (exact) mass is 304 g/mol. The molecule has 0 aromatic heterocycles. The Bertz CT molecular complexity index is 501. The normalized spacial score (nSPS) is 12.6. The van der Waals surface area contributed by atoms with Crippen LogP contribution in [-0.2, 0) is 16.0 Å². The van der Waals surface area contributed by atoms with Crippen LogP contribution >= 0.6 is 0 Å². The van der Waals surface area contributed by atoms with Gasteiger partial charge in [0.2, 0.25) is 11.8 Å². The average Bonchev–Trinajstić information content (AvgIpc) is 2.45. The Kier molecular flexibility index (Phi) is 6.60. The maximum Gasteiger partial charge on any atom is 0.246 e. The van der Waals surface area contributed by atoms with Crippen LogP contribution in [0.4, 0.5) is 5.69 Å². The SMILES string of the molecule is CCCCc1ccc(NC(=O)C(C)NC(=O)C(C)(C)C)cc1. The number of carbonyl (C=O) groups is 2. The minimum Gasteiger partial charge on any atom is -0.344 e. The molecule has 0 aliphatic rings. The van der Waals surface area contributed by atoms with E-state index in [9.17, 15) is 9.59 Å². The second kappa shape index (κ2) is 7.97. The Balaban J connectivity index is 2.55. The predicted molar refractivity (Wildman–Crippen MR) is 90.7 cm³/mol. The molecule has 0 aliphatic carbocycles. The van der Waals surface area contributed by atoms with Crippen LogP contribution in [0.3, 0.4) is 0 Å². The number of rotatable bonds is 6. The van der Waals surface area contributed by atoms with Gasteiger partial charge in [-0.2, -0.15) is 0 Å². The molecule has 0 saturated carbocycles. The molecule has 1 atom stereocenters. The fourth-order valence-electron chi connectivity index (χ4n) is 1.86. The number of nitrogens with one attached hydrogen (secondary N) is 2. The van der Waals surface area contributed by atoms with Crippen LogP contribution in [0.5, 0.6) is 0 Å². The third-order valence-electron chi connectivity index (χ3n) is 3.46. The first-order valence-electron chi connectivity index (χ1n) is 7.94. The van der Waals surface area contributed by atoms with E-state index in [2.05, 4.69) is 17.6 Å². The van der Waals surface area contributed by atoms with Crippen LogP contribution in [0.15, 0.2) is 24.3 Å². The highest BCUT2D eigenvalue weighted by atomic mass is 16.2. The smallest absolute Gasteiger partial charge is 0.246 e. The molecular formula is C18H28N2O2. The van der Waals surface area contributed by atoms with Crippen LogP contribution in [-0.4, -0.2) is 17.9 Å². The summed E-state index contributed by atoms with van der Waals surface area (Å²) in [5, 5.41) is 5.56. The maximum absolute atomic E-state index is 12.1. The molecule has 4 nitrogen and oxygen atoms in total. The van der Waals surface area contributed by atoms with E-state index < -0.39 is 11.5 Å². The number of unbranched alkanes of at least 4 members (excludes halogenated alkanes) is 1. The molecule has 1 aromatic rings. The first-order chi connectivity index (χ1) is 10.2. The van der Waals surface area contributed by atoms with Crippen molar-refractivity contribution in [2.45, 2.75) is 59.9 Å². The molecule has 2 N–H and O–H groups in total. The van der Waals surface area contributed by atoms with E-state index in [-0.39, 0.29) is 11.8 Å². The van der Waals surface area contributed by atoms with Gasteiger partial charge in [-0.3, -0.25) is 9.59 Å². The van der Waals surface area contributed by atoms with Gasteiger partial charge in [-0.1, -0.05) is 46.2 Å². The van der Waals surface area contributed by atoms with Gasteiger partial charge in [-0.15, -0.1) is 0 Å². The second-order valence-electron chi connectivity index (χ2n) is 6.73. The Hall–Kier alpha value is -1.84. The first kappa shape index (κ1) is 18.2. The number of hydrogen-bond acceptors (Lipinski definition) is 2. The van der Waals surface area contributed by atoms with Crippen molar-refractivity contribution < 1.29 is 9.59 Å². The third-order valence-corrected chi connectivity index (χ3v) is 3.46. The lowest BCUT2D eigenvalue weighted by Crippen LogP contribution is -2.46. The molecule has 0 saturated heterocycles. The fourth-order valence-corrected chi connectivity index (χ4v) is 1.86. The molecule has 0 aliphatic heterocycles. The van der Waals surface area contributed by atoms with E-state index in [1.54, 1.807) is 6.92 Å². The van der Waals surface area contributed by atoms with Gasteiger partial charge in [0, 0.05) is 11.1 Å². The second-order valence-corrected chi connectivity index (χ2v) is 6.73. The van der Waals surface area contributed by atoms with Gasteiger partial charge in [0.15, 0.2) is 0 Å². The van der Waals surface area contributed by atoms with Crippen LogP contribution in [0.1, 0.15) is 53.0 Å². The summed E-state index contributed by atoms with van der Waals surface area (Å²) in [6.45, 7) is 9.32. The van der Waals surface area contributed by atoms with Crippen LogP contribution in [0.25, 0.3) is 0 Å². The largest absolute Gasteiger partial charge is 0.344 e. The molecule has 1 rings (SSSR count). The van der Waals surface area contributed by atoms with E-state index in [1.807, 2.05) is 45.0 Å². The molecule has 1 aromatic carbocycles. The molecule has 122 valence electrons. The lowest BCUT2D eigenvalue weighted by Gasteiger charge is -2.21. The van der Waals surface area contributed by atoms with Crippen molar-refractivity contribution in [1.82, 2.24) is 5.32 Å². The summed E-state index contributed by atoms with van der Waals surface area (Å²) < 4.78 is 0. The van der Waals surface area contributed by atoms with Gasteiger partial charge in [0.1, 0.15) is 6.04 Å². The van der Waals surface area contributed by atoms with Gasteiger partial charge < -0.3 is 10.6 Å². The zero-order valence-corrected chi connectivity index (χ0v) is 14.3. The van der Waals surface area contributed by atoms with Crippen molar-refractivity contribution in [2.24, 2.45) is 5.41 Å². The number of anilines is 1. The van der Waals surface area contributed by atoms with Gasteiger partial charge in [0.25, 0.3) is 0 Å². The molecule has 22 heavy (non-hydrogen) atoms.